The summed E-state index contributed by atoms with van der Waals surface area (Å²) < 4.78 is 5.26. The molecule has 1 heterocycles. The number of aldehydes is 1. The summed E-state index contributed by atoms with van der Waals surface area (Å²) in [7, 11) is 1.54. The molecule has 1 aromatic heterocycles. The lowest BCUT2D eigenvalue weighted by molar-refractivity contribution is -0.117. The Balaban J connectivity index is 2.96. The van der Waals surface area contributed by atoms with Gasteiger partial charge in [0.05, 0.1) is 0 Å². The maximum absolute atomic E-state index is 12.0. The fraction of sp³-hybridized carbons (Fsp3) is 0.538. The largest absolute Gasteiger partial charge is 0.444 e. The first-order valence-corrected chi connectivity index (χ1v) is 5.78. The molecule has 5 nitrogen and oxygen atoms in total. The van der Waals surface area contributed by atoms with Gasteiger partial charge in [-0.15, -0.1) is 0 Å². The summed E-state index contributed by atoms with van der Waals surface area (Å²) in [5.41, 5.74) is -1.01. The Morgan fingerprint density at radius 2 is 2.00 bits per heavy atom. The Morgan fingerprint density at radius 1 is 1.39 bits per heavy atom. The van der Waals surface area contributed by atoms with Crippen LogP contribution < -0.4 is 0 Å². The molecule has 0 saturated carbocycles. The van der Waals surface area contributed by atoms with Crippen molar-refractivity contribution in [3.8, 4) is 0 Å². The van der Waals surface area contributed by atoms with Crippen LogP contribution in [0.4, 0.5) is 4.79 Å². The van der Waals surface area contributed by atoms with E-state index >= 15 is 0 Å². The molecule has 0 fully saturated rings. The molecule has 0 bridgehead atoms. The van der Waals surface area contributed by atoms with Gasteiger partial charge >= 0.3 is 6.09 Å². The second-order valence-corrected chi connectivity index (χ2v) is 5.39. The first kappa shape index (κ1) is 14.3. The van der Waals surface area contributed by atoms with Crippen molar-refractivity contribution in [3.05, 3.63) is 24.0 Å². The zero-order chi connectivity index (χ0) is 14.0. The Kier molecular flexibility index (Phi) is 3.84. The van der Waals surface area contributed by atoms with E-state index in [1.54, 1.807) is 53.1 Å². The molecule has 0 aliphatic carbocycles. The monoisotopic (exact) mass is 252 g/mol. The van der Waals surface area contributed by atoms with E-state index in [9.17, 15) is 9.59 Å². The first-order valence-electron chi connectivity index (χ1n) is 5.78. The van der Waals surface area contributed by atoms with E-state index in [2.05, 4.69) is 4.98 Å². The zero-order valence-electron chi connectivity index (χ0n) is 11.5. The third kappa shape index (κ3) is 2.91. The number of aromatic amines is 1. The lowest BCUT2D eigenvalue weighted by Gasteiger charge is -2.34. The number of nitrogens with zero attached hydrogens (tertiary/aromatic N) is 1. The number of nitrogens with one attached hydrogen (secondary N) is 1. The Labute approximate surface area is 107 Å². The van der Waals surface area contributed by atoms with E-state index in [1.165, 1.54) is 4.90 Å². The van der Waals surface area contributed by atoms with Gasteiger partial charge in [0.25, 0.3) is 0 Å². The molecule has 100 valence electrons. The Hall–Kier alpha value is -1.78. The quantitative estimate of drug-likeness (QED) is 0.839. The van der Waals surface area contributed by atoms with Crippen LogP contribution in [-0.2, 0) is 15.1 Å². The number of likely N-dealkylation sites (N-methyl/N-ethyl adjacent to an activating group) is 1. The molecule has 0 radical (unpaired) electrons. The predicted octanol–water partition coefficient (Wildman–Crippen LogP) is 2.30. The highest BCUT2D eigenvalue weighted by molar-refractivity contribution is 5.77. The molecule has 1 rings (SSSR count). The summed E-state index contributed by atoms with van der Waals surface area (Å²) in [4.78, 5) is 27.6. The number of aromatic nitrogens is 1. The molecule has 1 N–H and O–H groups in total. The number of amides is 1. The third-order valence-corrected chi connectivity index (χ3v) is 2.74. The van der Waals surface area contributed by atoms with Crippen LogP contribution in [-0.4, -0.2) is 34.9 Å². The van der Waals surface area contributed by atoms with Gasteiger partial charge in [-0.1, -0.05) is 0 Å². The van der Waals surface area contributed by atoms with E-state index in [0.717, 1.165) is 6.29 Å². The standard InChI is InChI=1S/C13H20N2O3/c1-12(2,3)18-11(17)15(5)13(4,9-16)10-7-6-8-14-10/h6-9,14H,1-5H3. The van der Waals surface area contributed by atoms with Crippen LogP contribution >= 0.6 is 0 Å². The van der Waals surface area contributed by atoms with Crippen LogP contribution in [0.1, 0.15) is 33.4 Å². The van der Waals surface area contributed by atoms with Crippen LogP contribution in [0.2, 0.25) is 0 Å². The van der Waals surface area contributed by atoms with E-state index in [4.69, 9.17) is 4.74 Å². The normalized spacial score (nSPS) is 14.7. The SMILES string of the molecule is CN(C(=O)OC(C)(C)C)C(C)(C=O)c1ccc[nH]1. The van der Waals surface area contributed by atoms with E-state index in [-0.39, 0.29) is 0 Å². The van der Waals surface area contributed by atoms with Crippen LogP contribution in [0.15, 0.2) is 18.3 Å². The van der Waals surface area contributed by atoms with Crippen molar-refractivity contribution in [3.63, 3.8) is 0 Å². The van der Waals surface area contributed by atoms with Gasteiger partial charge in [-0.3, -0.25) is 4.90 Å². The third-order valence-electron chi connectivity index (χ3n) is 2.74. The molecule has 1 unspecified atom stereocenters. The van der Waals surface area contributed by atoms with Gasteiger partial charge in [-0.05, 0) is 39.8 Å². The van der Waals surface area contributed by atoms with E-state index in [1.807, 2.05) is 0 Å². The fourth-order valence-corrected chi connectivity index (χ4v) is 1.49. The maximum atomic E-state index is 12.0. The summed E-state index contributed by atoms with van der Waals surface area (Å²) in [6, 6.07) is 3.54. The predicted molar refractivity (Wildman–Crippen MR) is 68.2 cm³/mol. The molecule has 0 aliphatic rings. The van der Waals surface area contributed by atoms with Crippen LogP contribution in [0.25, 0.3) is 0 Å². The molecule has 1 aromatic rings. The lowest BCUT2D eigenvalue weighted by Crippen LogP contribution is -2.48. The van der Waals surface area contributed by atoms with Crippen LogP contribution in [0, 0.1) is 0 Å². The molecule has 0 saturated heterocycles. The average Bonchev–Trinajstić information content (AvgIpc) is 2.78. The molecule has 1 atom stereocenters. The zero-order valence-corrected chi connectivity index (χ0v) is 11.5. The van der Waals surface area contributed by atoms with E-state index < -0.39 is 17.2 Å². The Bertz CT molecular complexity index is 420. The fourth-order valence-electron chi connectivity index (χ4n) is 1.49. The summed E-state index contributed by atoms with van der Waals surface area (Å²) in [5.74, 6) is 0. The minimum absolute atomic E-state index is 0.535. The second-order valence-electron chi connectivity index (χ2n) is 5.39. The maximum Gasteiger partial charge on any atom is 0.411 e. The molecule has 0 spiro atoms. The number of carbonyl (C=O) groups excluding carboxylic acids is 2. The number of carbonyl (C=O) groups is 2. The first-order chi connectivity index (χ1) is 8.20. The lowest BCUT2D eigenvalue weighted by atomic mass is 9.98. The van der Waals surface area contributed by atoms with Gasteiger partial charge < -0.3 is 14.5 Å². The number of hydrogen-bond acceptors (Lipinski definition) is 3. The highest BCUT2D eigenvalue weighted by Gasteiger charge is 2.37. The van der Waals surface area contributed by atoms with Gasteiger partial charge in [0.1, 0.15) is 11.1 Å². The van der Waals surface area contributed by atoms with Crippen molar-refractivity contribution >= 4 is 12.4 Å². The van der Waals surface area contributed by atoms with Gasteiger partial charge in [0.2, 0.25) is 0 Å². The van der Waals surface area contributed by atoms with Crippen LogP contribution in [0.5, 0.6) is 0 Å². The number of hydrogen-bond donors (Lipinski definition) is 1. The van der Waals surface area contributed by atoms with Gasteiger partial charge in [-0.25, -0.2) is 4.79 Å². The second kappa shape index (κ2) is 4.84. The Morgan fingerprint density at radius 3 is 2.39 bits per heavy atom. The summed E-state index contributed by atoms with van der Waals surface area (Å²) in [6.07, 6.45) is 1.90. The van der Waals surface area contributed by atoms with Crippen molar-refractivity contribution in [1.82, 2.24) is 9.88 Å². The number of rotatable bonds is 3. The van der Waals surface area contributed by atoms with Crippen molar-refractivity contribution in [2.75, 3.05) is 7.05 Å². The molecule has 0 aromatic carbocycles. The molecular weight excluding hydrogens is 232 g/mol. The molecule has 0 aliphatic heterocycles. The van der Waals surface area contributed by atoms with Crippen molar-refractivity contribution < 1.29 is 14.3 Å². The minimum Gasteiger partial charge on any atom is -0.444 e. The highest BCUT2D eigenvalue weighted by atomic mass is 16.6. The van der Waals surface area contributed by atoms with Gasteiger partial charge in [-0.2, -0.15) is 0 Å². The number of ether oxygens (including phenoxy) is 1. The average molecular weight is 252 g/mol. The molecule has 1 amide bonds. The van der Waals surface area contributed by atoms with Gasteiger partial charge in [0.15, 0.2) is 6.29 Å². The number of H-pyrrole nitrogens is 1. The van der Waals surface area contributed by atoms with E-state index in [0.29, 0.717) is 5.69 Å². The summed E-state index contributed by atoms with van der Waals surface area (Å²) in [6.45, 7) is 7.01. The van der Waals surface area contributed by atoms with Crippen LogP contribution in [0.3, 0.4) is 0 Å². The minimum atomic E-state index is -1.06. The topological polar surface area (TPSA) is 62.4 Å². The van der Waals surface area contributed by atoms with Crippen molar-refractivity contribution in [2.24, 2.45) is 0 Å². The van der Waals surface area contributed by atoms with Crippen molar-refractivity contribution in [2.45, 2.75) is 38.8 Å². The van der Waals surface area contributed by atoms with Crippen molar-refractivity contribution in [1.29, 1.82) is 0 Å². The molecular formula is C13H20N2O3. The summed E-state index contributed by atoms with van der Waals surface area (Å²) in [5, 5.41) is 0. The molecule has 18 heavy (non-hydrogen) atoms. The van der Waals surface area contributed by atoms with Gasteiger partial charge in [0, 0.05) is 18.9 Å². The smallest absolute Gasteiger partial charge is 0.411 e. The summed E-state index contributed by atoms with van der Waals surface area (Å²) >= 11 is 0. The highest BCUT2D eigenvalue weighted by Crippen LogP contribution is 2.25. The molecule has 5 heteroatoms.